The third-order valence-electron chi connectivity index (χ3n) is 2.84. The third-order valence-corrected chi connectivity index (χ3v) is 3.75. The second-order valence-electron chi connectivity index (χ2n) is 4.19. The van der Waals surface area contributed by atoms with Crippen molar-refractivity contribution in [2.45, 2.75) is 26.3 Å². The highest BCUT2D eigenvalue weighted by atomic mass is 32.1. The minimum Gasteiger partial charge on any atom is -0.317 e. The van der Waals surface area contributed by atoms with Crippen LogP contribution in [-0.2, 0) is 6.54 Å². The van der Waals surface area contributed by atoms with Crippen LogP contribution in [0.1, 0.15) is 22.7 Å². The number of rotatable bonds is 4. The molecule has 1 aromatic heterocycles. The van der Waals surface area contributed by atoms with Crippen LogP contribution in [0, 0.1) is 12.8 Å². The van der Waals surface area contributed by atoms with Gasteiger partial charge in [-0.3, -0.25) is 0 Å². The molecule has 0 radical (unpaired) electrons. The number of nitrogens with zero attached hydrogens (tertiary/aromatic N) is 1. The first kappa shape index (κ1) is 11.0. The summed E-state index contributed by atoms with van der Waals surface area (Å²) in [7, 11) is 0. The lowest BCUT2D eigenvalue weighted by atomic mass is 9.98. The molecule has 4 heteroatoms. The van der Waals surface area contributed by atoms with E-state index in [-0.39, 0.29) is 0 Å². The van der Waals surface area contributed by atoms with Crippen molar-refractivity contribution >= 4 is 11.3 Å². The molecular formula is C11H19N3S. The van der Waals surface area contributed by atoms with Gasteiger partial charge < -0.3 is 10.6 Å². The summed E-state index contributed by atoms with van der Waals surface area (Å²) in [4.78, 5) is 5.64. The lowest BCUT2D eigenvalue weighted by Gasteiger charge is -2.22. The summed E-state index contributed by atoms with van der Waals surface area (Å²) in [6.07, 6.45) is 4.57. The van der Waals surface area contributed by atoms with E-state index in [2.05, 4.69) is 22.5 Å². The highest BCUT2D eigenvalue weighted by molar-refractivity contribution is 7.11. The molecule has 0 atom stereocenters. The fraction of sp³-hybridized carbons (Fsp3) is 0.727. The standard InChI is InChI=1S/C11H19N3S/c1-9-6-14-11(15-9)8-13-7-10-2-4-12-5-3-10/h6,10,12-13H,2-5,7-8H2,1H3. The van der Waals surface area contributed by atoms with Gasteiger partial charge >= 0.3 is 0 Å². The Balaban J connectivity index is 1.65. The van der Waals surface area contributed by atoms with Gasteiger partial charge in [-0.2, -0.15) is 0 Å². The lowest BCUT2D eigenvalue weighted by molar-refractivity contribution is 0.356. The Kier molecular flexibility index (Phi) is 4.11. The topological polar surface area (TPSA) is 37.0 Å². The van der Waals surface area contributed by atoms with Crippen molar-refractivity contribution in [1.82, 2.24) is 15.6 Å². The van der Waals surface area contributed by atoms with Crippen LogP contribution in [0.15, 0.2) is 6.20 Å². The molecule has 0 unspecified atom stereocenters. The van der Waals surface area contributed by atoms with Crippen molar-refractivity contribution in [1.29, 1.82) is 0 Å². The molecule has 1 aliphatic rings. The second-order valence-corrected chi connectivity index (χ2v) is 5.51. The summed E-state index contributed by atoms with van der Waals surface area (Å²) in [5.41, 5.74) is 0. The Morgan fingerprint density at radius 1 is 1.53 bits per heavy atom. The maximum absolute atomic E-state index is 4.34. The molecule has 1 saturated heterocycles. The predicted molar refractivity (Wildman–Crippen MR) is 64.2 cm³/mol. The van der Waals surface area contributed by atoms with E-state index >= 15 is 0 Å². The smallest absolute Gasteiger partial charge is 0.107 e. The normalized spacial score (nSPS) is 18.2. The highest BCUT2D eigenvalue weighted by Gasteiger charge is 2.12. The maximum atomic E-state index is 4.34. The molecule has 0 aliphatic carbocycles. The molecular weight excluding hydrogens is 206 g/mol. The lowest BCUT2D eigenvalue weighted by Crippen LogP contribution is -2.33. The summed E-state index contributed by atoms with van der Waals surface area (Å²) in [6.45, 7) is 6.54. The van der Waals surface area contributed by atoms with Crippen LogP contribution in [0.3, 0.4) is 0 Å². The zero-order valence-electron chi connectivity index (χ0n) is 9.25. The van der Waals surface area contributed by atoms with Crippen molar-refractivity contribution in [3.63, 3.8) is 0 Å². The van der Waals surface area contributed by atoms with E-state index in [1.165, 1.54) is 35.8 Å². The number of hydrogen-bond acceptors (Lipinski definition) is 4. The minimum absolute atomic E-state index is 0.854. The van der Waals surface area contributed by atoms with Gasteiger partial charge in [-0.25, -0.2) is 4.98 Å². The van der Waals surface area contributed by atoms with Crippen LogP contribution in [0.2, 0.25) is 0 Å². The fourth-order valence-electron chi connectivity index (χ4n) is 1.95. The zero-order valence-corrected chi connectivity index (χ0v) is 10.1. The Labute approximate surface area is 95.3 Å². The van der Waals surface area contributed by atoms with Gasteiger partial charge in [0.15, 0.2) is 0 Å². The van der Waals surface area contributed by atoms with Crippen LogP contribution < -0.4 is 10.6 Å². The number of aromatic nitrogens is 1. The summed E-state index contributed by atoms with van der Waals surface area (Å²) in [5.74, 6) is 0.854. The number of nitrogens with one attached hydrogen (secondary N) is 2. The quantitative estimate of drug-likeness (QED) is 0.816. The molecule has 2 heterocycles. The number of aryl methyl sites for hydroxylation is 1. The predicted octanol–water partition coefficient (Wildman–Crippen LogP) is 1.54. The molecule has 84 valence electrons. The molecule has 0 bridgehead atoms. The van der Waals surface area contributed by atoms with Gasteiger partial charge in [-0.15, -0.1) is 11.3 Å². The molecule has 0 spiro atoms. The molecule has 2 rings (SSSR count). The van der Waals surface area contributed by atoms with Crippen molar-refractivity contribution < 1.29 is 0 Å². The SMILES string of the molecule is Cc1cnc(CNCC2CCNCC2)s1. The molecule has 2 N–H and O–H groups in total. The van der Waals surface area contributed by atoms with Crippen LogP contribution in [0.25, 0.3) is 0 Å². The van der Waals surface area contributed by atoms with Gasteiger partial charge in [-0.05, 0) is 45.3 Å². The Morgan fingerprint density at radius 2 is 2.33 bits per heavy atom. The van der Waals surface area contributed by atoms with Gasteiger partial charge in [0.05, 0.1) is 0 Å². The molecule has 0 saturated carbocycles. The first-order valence-electron chi connectivity index (χ1n) is 5.67. The van der Waals surface area contributed by atoms with E-state index in [0.717, 1.165) is 19.0 Å². The average molecular weight is 225 g/mol. The minimum atomic E-state index is 0.854. The van der Waals surface area contributed by atoms with Gasteiger partial charge in [0, 0.05) is 17.6 Å². The van der Waals surface area contributed by atoms with E-state index in [9.17, 15) is 0 Å². The summed E-state index contributed by atoms with van der Waals surface area (Å²) in [6, 6.07) is 0. The molecule has 1 fully saturated rings. The molecule has 3 nitrogen and oxygen atoms in total. The Bertz CT molecular complexity index is 292. The first-order chi connectivity index (χ1) is 7.34. The van der Waals surface area contributed by atoms with Crippen LogP contribution in [0.5, 0.6) is 0 Å². The average Bonchev–Trinajstić information content (AvgIpc) is 2.66. The summed E-state index contributed by atoms with van der Waals surface area (Å²) in [5, 5.41) is 8.10. The third kappa shape index (κ3) is 3.55. The van der Waals surface area contributed by atoms with Crippen molar-refractivity contribution in [2.24, 2.45) is 5.92 Å². The number of thiazole rings is 1. The Morgan fingerprint density at radius 3 is 3.00 bits per heavy atom. The highest BCUT2D eigenvalue weighted by Crippen LogP contribution is 2.12. The number of hydrogen-bond donors (Lipinski definition) is 2. The number of piperidine rings is 1. The van der Waals surface area contributed by atoms with Gasteiger partial charge in [0.2, 0.25) is 0 Å². The van der Waals surface area contributed by atoms with Gasteiger partial charge in [0.25, 0.3) is 0 Å². The zero-order chi connectivity index (χ0) is 10.5. The molecule has 15 heavy (non-hydrogen) atoms. The fourth-order valence-corrected chi connectivity index (χ4v) is 2.71. The van der Waals surface area contributed by atoms with E-state index in [1.54, 1.807) is 11.3 Å². The molecule has 1 aromatic rings. The van der Waals surface area contributed by atoms with Crippen LogP contribution in [0.4, 0.5) is 0 Å². The summed E-state index contributed by atoms with van der Waals surface area (Å²) < 4.78 is 0. The van der Waals surface area contributed by atoms with Gasteiger partial charge in [-0.1, -0.05) is 0 Å². The molecule has 0 aromatic carbocycles. The monoisotopic (exact) mass is 225 g/mol. The van der Waals surface area contributed by atoms with E-state index in [1.807, 2.05) is 6.20 Å². The second kappa shape index (κ2) is 5.58. The van der Waals surface area contributed by atoms with Crippen LogP contribution in [-0.4, -0.2) is 24.6 Å². The Hall–Kier alpha value is -0.450. The largest absolute Gasteiger partial charge is 0.317 e. The van der Waals surface area contributed by atoms with Crippen molar-refractivity contribution in [3.05, 3.63) is 16.1 Å². The van der Waals surface area contributed by atoms with Crippen molar-refractivity contribution in [2.75, 3.05) is 19.6 Å². The molecule has 0 amide bonds. The van der Waals surface area contributed by atoms with Gasteiger partial charge in [0.1, 0.15) is 5.01 Å². The van der Waals surface area contributed by atoms with E-state index < -0.39 is 0 Å². The van der Waals surface area contributed by atoms with E-state index in [4.69, 9.17) is 0 Å². The maximum Gasteiger partial charge on any atom is 0.107 e. The first-order valence-corrected chi connectivity index (χ1v) is 6.49. The molecule has 1 aliphatic heterocycles. The van der Waals surface area contributed by atoms with E-state index in [0.29, 0.717) is 0 Å². The summed E-state index contributed by atoms with van der Waals surface area (Å²) >= 11 is 1.79. The van der Waals surface area contributed by atoms with Crippen molar-refractivity contribution in [3.8, 4) is 0 Å². The van der Waals surface area contributed by atoms with Crippen LogP contribution >= 0.6 is 11.3 Å².